The Morgan fingerprint density at radius 2 is 2.00 bits per heavy atom. The van der Waals surface area contributed by atoms with E-state index in [2.05, 4.69) is 5.32 Å². The second-order valence-electron chi connectivity index (χ2n) is 2.62. The minimum Gasteiger partial charge on any atom is -0.325 e. The van der Waals surface area contributed by atoms with E-state index in [4.69, 9.17) is 23.2 Å². The summed E-state index contributed by atoms with van der Waals surface area (Å²) < 4.78 is 0. The van der Waals surface area contributed by atoms with Crippen molar-refractivity contribution in [3.05, 3.63) is 28.8 Å². The molecule has 0 aromatic heterocycles. The summed E-state index contributed by atoms with van der Waals surface area (Å²) in [4.78, 5) is 21.6. The summed E-state index contributed by atoms with van der Waals surface area (Å²) >= 11 is 11.1. The van der Waals surface area contributed by atoms with Crippen molar-refractivity contribution in [3.8, 4) is 0 Å². The Morgan fingerprint density at radius 1 is 1.36 bits per heavy atom. The first-order chi connectivity index (χ1) is 6.52. The van der Waals surface area contributed by atoms with Crippen LogP contribution in [0.25, 0.3) is 0 Å². The summed E-state index contributed by atoms with van der Waals surface area (Å²) in [5, 5.41) is 1.99. The van der Waals surface area contributed by atoms with Crippen molar-refractivity contribution in [2.24, 2.45) is 0 Å². The smallest absolute Gasteiger partial charge is 0.253 e. The molecular formula is C9H7Cl2NO2. The van der Waals surface area contributed by atoms with Gasteiger partial charge in [0.1, 0.15) is 0 Å². The third-order valence-electron chi connectivity index (χ3n) is 1.52. The molecule has 1 N–H and O–H groups in total. The molecule has 0 aliphatic heterocycles. The Balaban J connectivity index is 3.13. The first kappa shape index (κ1) is 11.0. The van der Waals surface area contributed by atoms with Gasteiger partial charge >= 0.3 is 0 Å². The fourth-order valence-electron chi connectivity index (χ4n) is 0.970. The van der Waals surface area contributed by atoms with Crippen LogP contribution in [0.5, 0.6) is 0 Å². The lowest BCUT2D eigenvalue weighted by Crippen LogP contribution is -2.07. The molecule has 0 saturated heterocycles. The van der Waals surface area contributed by atoms with E-state index in [-0.39, 0.29) is 16.5 Å². The van der Waals surface area contributed by atoms with Crippen LogP contribution in [0.3, 0.4) is 0 Å². The average Bonchev–Trinajstić information content (AvgIpc) is 2.07. The van der Waals surface area contributed by atoms with E-state index in [1.54, 1.807) is 12.1 Å². The van der Waals surface area contributed by atoms with E-state index < -0.39 is 5.24 Å². The molecule has 0 saturated carbocycles. The van der Waals surface area contributed by atoms with E-state index in [0.717, 1.165) is 0 Å². The summed E-state index contributed by atoms with van der Waals surface area (Å²) in [5.74, 6) is -0.258. The Kier molecular flexibility index (Phi) is 3.49. The van der Waals surface area contributed by atoms with Crippen LogP contribution in [0.15, 0.2) is 18.2 Å². The van der Waals surface area contributed by atoms with Gasteiger partial charge in [0.15, 0.2) is 0 Å². The highest BCUT2D eigenvalue weighted by atomic mass is 35.5. The average molecular weight is 232 g/mol. The number of carbonyl (C=O) groups excluding carboxylic acids is 2. The summed E-state index contributed by atoms with van der Waals surface area (Å²) in [6.45, 7) is 1.35. The normalized spacial score (nSPS) is 9.64. The van der Waals surface area contributed by atoms with Gasteiger partial charge in [-0.1, -0.05) is 17.7 Å². The summed E-state index contributed by atoms with van der Waals surface area (Å²) in [5.41, 5.74) is 0.560. The molecule has 0 radical (unpaired) electrons. The van der Waals surface area contributed by atoms with Gasteiger partial charge in [-0.2, -0.15) is 0 Å². The van der Waals surface area contributed by atoms with Crippen molar-refractivity contribution in [2.75, 3.05) is 5.32 Å². The highest BCUT2D eigenvalue weighted by molar-refractivity contribution is 6.69. The van der Waals surface area contributed by atoms with Gasteiger partial charge in [-0.25, -0.2) is 0 Å². The predicted molar refractivity (Wildman–Crippen MR) is 55.9 cm³/mol. The molecule has 1 aromatic rings. The van der Waals surface area contributed by atoms with E-state index in [1.165, 1.54) is 13.0 Å². The molecule has 0 heterocycles. The Hall–Kier alpha value is -1.06. The minimum absolute atomic E-state index is 0.155. The van der Waals surface area contributed by atoms with Gasteiger partial charge in [-0.15, -0.1) is 0 Å². The van der Waals surface area contributed by atoms with Crippen molar-refractivity contribution >= 4 is 40.0 Å². The number of hydrogen-bond acceptors (Lipinski definition) is 2. The molecular weight excluding hydrogens is 225 g/mol. The highest BCUT2D eigenvalue weighted by Crippen LogP contribution is 2.26. The molecule has 0 bridgehead atoms. The van der Waals surface area contributed by atoms with E-state index in [1.807, 2.05) is 0 Å². The topological polar surface area (TPSA) is 46.2 Å². The number of rotatable bonds is 2. The fraction of sp³-hybridized carbons (Fsp3) is 0.111. The van der Waals surface area contributed by atoms with Crippen LogP contribution in [0.2, 0.25) is 5.02 Å². The lowest BCUT2D eigenvalue weighted by atomic mass is 10.2. The second-order valence-corrected chi connectivity index (χ2v) is 3.34. The van der Waals surface area contributed by atoms with Gasteiger partial charge in [0.2, 0.25) is 5.91 Å². The Labute approximate surface area is 91.0 Å². The standard InChI is InChI=1S/C9H7Cl2NO2/c1-5(13)12-7-4-2-3-6(8(7)10)9(11)14/h2-4H,1H3,(H,12,13). The van der Waals surface area contributed by atoms with Crippen LogP contribution in [0, 0.1) is 0 Å². The number of carbonyl (C=O) groups is 2. The van der Waals surface area contributed by atoms with Crippen molar-refractivity contribution < 1.29 is 9.59 Å². The first-order valence-corrected chi connectivity index (χ1v) is 4.54. The van der Waals surface area contributed by atoms with Crippen LogP contribution in [0.1, 0.15) is 17.3 Å². The number of benzene rings is 1. The maximum Gasteiger partial charge on any atom is 0.253 e. The van der Waals surface area contributed by atoms with Gasteiger partial charge in [0, 0.05) is 6.92 Å². The Bertz CT molecular complexity index is 390. The van der Waals surface area contributed by atoms with Crippen molar-refractivity contribution in [1.82, 2.24) is 0 Å². The zero-order valence-corrected chi connectivity index (χ0v) is 8.82. The van der Waals surface area contributed by atoms with E-state index >= 15 is 0 Å². The third kappa shape index (κ3) is 2.47. The number of hydrogen-bond donors (Lipinski definition) is 1. The molecule has 0 atom stereocenters. The summed E-state index contributed by atoms with van der Waals surface area (Å²) in [7, 11) is 0. The van der Waals surface area contributed by atoms with E-state index in [9.17, 15) is 9.59 Å². The third-order valence-corrected chi connectivity index (χ3v) is 2.13. The van der Waals surface area contributed by atoms with Gasteiger partial charge in [0.25, 0.3) is 5.24 Å². The number of nitrogens with one attached hydrogen (secondary N) is 1. The fourth-order valence-corrected chi connectivity index (χ4v) is 1.43. The lowest BCUT2D eigenvalue weighted by molar-refractivity contribution is -0.114. The lowest BCUT2D eigenvalue weighted by Gasteiger charge is -2.06. The van der Waals surface area contributed by atoms with Crippen molar-refractivity contribution in [1.29, 1.82) is 0 Å². The largest absolute Gasteiger partial charge is 0.325 e. The predicted octanol–water partition coefficient (Wildman–Crippen LogP) is 2.68. The maximum absolute atomic E-state index is 10.9. The molecule has 0 fully saturated rings. The van der Waals surface area contributed by atoms with Crippen LogP contribution >= 0.6 is 23.2 Å². The minimum atomic E-state index is -0.651. The van der Waals surface area contributed by atoms with Crippen molar-refractivity contribution in [3.63, 3.8) is 0 Å². The quantitative estimate of drug-likeness (QED) is 0.796. The van der Waals surface area contributed by atoms with Gasteiger partial charge < -0.3 is 5.32 Å². The molecule has 0 unspecified atom stereocenters. The first-order valence-electron chi connectivity index (χ1n) is 3.78. The van der Waals surface area contributed by atoms with Crippen molar-refractivity contribution in [2.45, 2.75) is 6.92 Å². The molecule has 74 valence electrons. The van der Waals surface area contributed by atoms with Gasteiger partial charge in [0.05, 0.1) is 16.3 Å². The molecule has 1 aromatic carbocycles. The summed E-state index contributed by atoms with van der Waals surface area (Å²) in [6, 6.07) is 4.67. The SMILES string of the molecule is CC(=O)Nc1cccc(C(=O)Cl)c1Cl. The number of amides is 1. The molecule has 0 aliphatic carbocycles. The Morgan fingerprint density at radius 3 is 2.50 bits per heavy atom. The van der Waals surface area contributed by atoms with Crippen LogP contribution in [-0.2, 0) is 4.79 Å². The molecule has 14 heavy (non-hydrogen) atoms. The van der Waals surface area contributed by atoms with Crippen LogP contribution in [-0.4, -0.2) is 11.1 Å². The molecule has 0 spiro atoms. The molecule has 1 rings (SSSR count). The van der Waals surface area contributed by atoms with E-state index in [0.29, 0.717) is 5.69 Å². The summed E-state index contributed by atoms with van der Waals surface area (Å²) in [6.07, 6.45) is 0. The second kappa shape index (κ2) is 4.44. The van der Waals surface area contributed by atoms with Crippen LogP contribution < -0.4 is 5.32 Å². The highest BCUT2D eigenvalue weighted by Gasteiger charge is 2.11. The van der Waals surface area contributed by atoms with Gasteiger partial charge in [-0.3, -0.25) is 9.59 Å². The number of halogens is 2. The zero-order valence-electron chi connectivity index (χ0n) is 7.30. The maximum atomic E-state index is 10.9. The number of anilines is 1. The monoisotopic (exact) mass is 231 g/mol. The molecule has 0 aliphatic rings. The molecule has 3 nitrogen and oxygen atoms in total. The molecule has 1 amide bonds. The zero-order chi connectivity index (χ0) is 10.7. The van der Waals surface area contributed by atoms with Crippen LogP contribution in [0.4, 0.5) is 5.69 Å². The van der Waals surface area contributed by atoms with Gasteiger partial charge in [-0.05, 0) is 23.7 Å². The molecule has 5 heteroatoms.